The first kappa shape index (κ1) is 12.2. The van der Waals surface area contributed by atoms with Crippen LogP contribution >= 0.6 is 0 Å². The van der Waals surface area contributed by atoms with Crippen molar-refractivity contribution >= 4 is 0 Å². The fourth-order valence-electron chi connectivity index (χ4n) is 2.90. The number of hydrogen-bond donors (Lipinski definition) is 1. The largest absolute Gasteiger partial charge is 0.508 e. The Kier molecular flexibility index (Phi) is 3.51. The second kappa shape index (κ2) is 5.45. The summed E-state index contributed by atoms with van der Waals surface area (Å²) in [6, 6.07) is 18.8. The predicted octanol–water partition coefficient (Wildman–Crippen LogP) is 3.73. The summed E-state index contributed by atoms with van der Waals surface area (Å²) in [7, 11) is 0. The summed E-state index contributed by atoms with van der Waals surface area (Å²) < 4.78 is 0. The maximum absolute atomic E-state index is 9.33. The van der Waals surface area contributed by atoms with E-state index in [1.165, 1.54) is 24.0 Å². The lowest BCUT2D eigenvalue weighted by molar-refractivity contribution is 0.248. The molecule has 1 aliphatic heterocycles. The van der Waals surface area contributed by atoms with Crippen LogP contribution in [0.3, 0.4) is 0 Å². The highest BCUT2D eigenvalue weighted by Crippen LogP contribution is 2.33. The minimum Gasteiger partial charge on any atom is -0.508 e. The molecule has 1 saturated heterocycles. The number of likely N-dealkylation sites (tertiary alicyclic amines) is 1. The number of aromatic hydroxyl groups is 1. The molecule has 98 valence electrons. The van der Waals surface area contributed by atoms with Crippen molar-refractivity contribution in [3.63, 3.8) is 0 Å². The quantitative estimate of drug-likeness (QED) is 0.901. The molecule has 2 aromatic rings. The lowest BCUT2D eigenvalue weighted by Gasteiger charge is -2.25. The van der Waals surface area contributed by atoms with E-state index in [2.05, 4.69) is 35.2 Å². The zero-order chi connectivity index (χ0) is 13.1. The molecule has 0 bridgehead atoms. The first-order valence-electron chi connectivity index (χ1n) is 6.90. The van der Waals surface area contributed by atoms with Crippen molar-refractivity contribution in [2.75, 3.05) is 6.54 Å². The van der Waals surface area contributed by atoms with Gasteiger partial charge in [0, 0.05) is 12.6 Å². The van der Waals surface area contributed by atoms with Crippen LogP contribution in [0.1, 0.15) is 30.0 Å². The number of phenolic OH excluding ortho intramolecular Hbond substituents is 1. The van der Waals surface area contributed by atoms with E-state index in [1.54, 1.807) is 12.1 Å². The van der Waals surface area contributed by atoms with Crippen molar-refractivity contribution < 1.29 is 5.11 Å². The van der Waals surface area contributed by atoms with Crippen LogP contribution in [0.2, 0.25) is 0 Å². The van der Waals surface area contributed by atoms with Gasteiger partial charge in [0.25, 0.3) is 0 Å². The van der Waals surface area contributed by atoms with E-state index in [0.717, 1.165) is 13.1 Å². The van der Waals surface area contributed by atoms with Gasteiger partial charge in [0.15, 0.2) is 0 Å². The summed E-state index contributed by atoms with van der Waals surface area (Å²) in [6.45, 7) is 2.11. The van der Waals surface area contributed by atoms with Crippen LogP contribution < -0.4 is 0 Å². The highest BCUT2D eigenvalue weighted by molar-refractivity contribution is 5.26. The van der Waals surface area contributed by atoms with Gasteiger partial charge in [-0.3, -0.25) is 4.90 Å². The van der Waals surface area contributed by atoms with Gasteiger partial charge in [0.1, 0.15) is 5.75 Å². The van der Waals surface area contributed by atoms with Gasteiger partial charge in [-0.15, -0.1) is 0 Å². The second-order valence-corrected chi connectivity index (χ2v) is 5.21. The van der Waals surface area contributed by atoms with E-state index in [1.807, 2.05) is 12.1 Å². The van der Waals surface area contributed by atoms with E-state index < -0.39 is 0 Å². The lowest BCUT2D eigenvalue weighted by Crippen LogP contribution is -2.22. The van der Waals surface area contributed by atoms with E-state index >= 15 is 0 Å². The van der Waals surface area contributed by atoms with Crippen LogP contribution in [0.4, 0.5) is 0 Å². The van der Waals surface area contributed by atoms with Gasteiger partial charge in [-0.2, -0.15) is 0 Å². The van der Waals surface area contributed by atoms with Gasteiger partial charge in [-0.25, -0.2) is 0 Å². The monoisotopic (exact) mass is 253 g/mol. The summed E-state index contributed by atoms with van der Waals surface area (Å²) >= 11 is 0. The Morgan fingerprint density at radius 3 is 2.47 bits per heavy atom. The number of benzene rings is 2. The third-order valence-electron chi connectivity index (χ3n) is 3.87. The van der Waals surface area contributed by atoms with Gasteiger partial charge >= 0.3 is 0 Å². The Morgan fingerprint density at radius 2 is 1.74 bits per heavy atom. The Labute approximate surface area is 114 Å². The van der Waals surface area contributed by atoms with Gasteiger partial charge in [0.2, 0.25) is 0 Å². The van der Waals surface area contributed by atoms with Crippen LogP contribution in [0, 0.1) is 0 Å². The van der Waals surface area contributed by atoms with Gasteiger partial charge in [-0.05, 0) is 42.6 Å². The fraction of sp³-hybridized carbons (Fsp3) is 0.294. The summed E-state index contributed by atoms with van der Waals surface area (Å²) in [5.74, 6) is 0.338. The van der Waals surface area contributed by atoms with Gasteiger partial charge in [-0.1, -0.05) is 42.5 Å². The molecule has 2 aromatic carbocycles. The summed E-state index contributed by atoms with van der Waals surface area (Å²) in [4.78, 5) is 2.53. The molecule has 1 N–H and O–H groups in total. The SMILES string of the molecule is Oc1ccc(CN2CCCC2c2ccccc2)cc1. The first-order chi connectivity index (χ1) is 9.33. The van der Waals surface area contributed by atoms with Crippen LogP contribution in [-0.2, 0) is 6.54 Å². The fourth-order valence-corrected chi connectivity index (χ4v) is 2.90. The molecule has 1 heterocycles. The van der Waals surface area contributed by atoms with Gasteiger partial charge < -0.3 is 5.11 Å². The smallest absolute Gasteiger partial charge is 0.115 e. The molecule has 2 heteroatoms. The Balaban J connectivity index is 1.75. The van der Waals surface area contributed by atoms with Gasteiger partial charge in [0.05, 0.1) is 0 Å². The third-order valence-corrected chi connectivity index (χ3v) is 3.87. The molecule has 3 rings (SSSR count). The summed E-state index contributed by atoms with van der Waals surface area (Å²) in [5.41, 5.74) is 2.68. The summed E-state index contributed by atoms with van der Waals surface area (Å²) in [6.07, 6.45) is 2.50. The zero-order valence-corrected chi connectivity index (χ0v) is 11.0. The minimum absolute atomic E-state index is 0.338. The molecule has 0 saturated carbocycles. The van der Waals surface area contributed by atoms with Crippen LogP contribution in [-0.4, -0.2) is 16.6 Å². The Morgan fingerprint density at radius 1 is 1.00 bits per heavy atom. The average molecular weight is 253 g/mol. The van der Waals surface area contributed by atoms with Crippen LogP contribution in [0.25, 0.3) is 0 Å². The highest BCUT2D eigenvalue weighted by atomic mass is 16.3. The van der Waals surface area contributed by atoms with Crippen molar-refractivity contribution in [2.45, 2.75) is 25.4 Å². The lowest BCUT2D eigenvalue weighted by atomic mass is 10.0. The van der Waals surface area contributed by atoms with Crippen molar-refractivity contribution in [3.05, 3.63) is 65.7 Å². The molecule has 0 spiro atoms. The second-order valence-electron chi connectivity index (χ2n) is 5.21. The number of nitrogens with zero attached hydrogens (tertiary/aromatic N) is 1. The molecule has 0 aliphatic carbocycles. The number of hydrogen-bond acceptors (Lipinski definition) is 2. The van der Waals surface area contributed by atoms with E-state index in [-0.39, 0.29) is 0 Å². The Bertz CT molecular complexity index is 521. The highest BCUT2D eigenvalue weighted by Gasteiger charge is 2.25. The molecule has 19 heavy (non-hydrogen) atoms. The van der Waals surface area contributed by atoms with Crippen molar-refractivity contribution in [1.29, 1.82) is 0 Å². The molecule has 1 atom stereocenters. The predicted molar refractivity (Wildman–Crippen MR) is 76.9 cm³/mol. The molecule has 1 fully saturated rings. The normalized spacial score (nSPS) is 19.7. The van der Waals surface area contributed by atoms with E-state index in [0.29, 0.717) is 11.8 Å². The molecular formula is C17H19NO. The molecule has 2 nitrogen and oxygen atoms in total. The van der Waals surface area contributed by atoms with Crippen molar-refractivity contribution in [1.82, 2.24) is 4.90 Å². The maximum atomic E-state index is 9.33. The first-order valence-corrected chi connectivity index (χ1v) is 6.90. The molecular weight excluding hydrogens is 234 g/mol. The van der Waals surface area contributed by atoms with Crippen LogP contribution in [0.5, 0.6) is 5.75 Å². The molecule has 1 unspecified atom stereocenters. The molecule has 1 aliphatic rings. The Hall–Kier alpha value is -1.80. The zero-order valence-electron chi connectivity index (χ0n) is 11.0. The number of phenols is 1. The van der Waals surface area contributed by atoms with Crippen molar-refractivity contribution in [2.24, 2.45) is 0 Å². The van der Waals surface area contributed by atoms with Crippen LogP contribution in [0.15, 0.2) is 54.6 Å². The molecule has 0 amide bonds. The van der Waals surface area contributed by atoms with E-state index in [9.17, 15) is 5.11 Å². The third kappa shape index (κ3) is 2.79. The molecule has 0 radical (unpaired) electrons. The molecule has 0 aromatic heterocycles. The topological polar surface area (TPSA) is 23.5 Å². The summed E-state index contributed by atoms with van der Waals surface area (Å²) in [5, 5.41) is 9.33. The van der Waals surface area contributed by atoms with E-state index in [4.69, 9.17) is 0 Å². The maximum Gasteiger partial charge on any atom is 0.115 e. The van der Waals surface area contributed by atoms with Crippen molar-refractivity contribution in [3.8, 4) is 5.75 Å². The standard InChI is InChI=1S/C17H19NO/c19-16-10-8-14(9-11-16)13-18-12-4-7-17(18)15-5-2-1-3-6-15/h1-3,5-6,8-11,17,19H,4,7,12-13H2. The number of rotatable bonds is 3. The average Bonchev–Trinajstić information content (AvgIpc) is 2.90. The minimum atomic E-state index is 0.338.